The molecule has 2 aliphatic heterocycles. The third-order valence-corrected chi connectivity index (χ3v) is 6.86. The minimum Gasteiger partial charge on any atom is -0.370 e. The number of rotatable bonds is 2. The molecule has 124 valence electrons. The Morgan fingerprint density at radius 3 is 2.71 bits per heavy atom. The molecule has 0 amide bonds. The first-order valence-corrected chi connectivity index (χ1v) is 9.53. The van der Waals surface area contributed by atoms with Crippen LogP contribution in [0.25, 0.3) is 0 Å². The summed E-state index contributed by atoms with van der Waals surface area (Å²) in [5.41, 5.74) is 3.92. The lowest BCUT2D eigenvalue weighted by Crippen LogP contribution is -2.33. The highest BCUT2D eigenvalue weighted by Gasteiger charge is 2.60. The molecular formula is C19H18BrClN2O. The van der Waals surface area contributed by atoms with Crippen LogP contribution in [-0.4, -0.2) is 23.7 Å². The van der Waals surface area contributed by atoms with Crippen molar-refractivity contribution in [1.82, 2.24) is 4.98 Å². The van der Waals surface area contributed by atoms with Crippen molar-refractivity contribution in [3.05, 3.63) is 56.6 Å². The van der Waals surface area contributed by atoms with E-state index >= 15 is 0 Å². The second-order valence-corrected chi connectivity index (χ2v) is 8.59. The zero-order valence-corrected chi connectivity index (χ0v) is 15.8. The number of hydrogen-bond acceptors (Lipinski definition) is 3. The summed E-state index contributed by atoms with van der Waals surface area (Å²) in [4.78, 5) is 7.12. The molecule has 2 aromatic rings. The number of aromatic nitrogens is 1. The molecule has 2 unspecified atom stereocenters. The van der Waals surface area contributed by atoms with Gasteiger partial charge in [-0.1, -0.05) is 41.4 Å². The number of benzene rings is 1. The summed E-state index contributed by atoms with van der Waals surface area (Å²) in [5.74, 6) is 1.05. The quantitative estimate of drug-likeness (QED) is 0.682. The molecule has 1 aliphatic carbocycles. The molecule has 1 saturated heterocycles. The average molecular weight is 406 g/mol. The van der Waals surface area contributed by atoms with Gasteiger partial charge >= 0.3 is 0 Å². The first-order chi connectivity index (χ1) is 11.6. The van der Waals surface area contributed by atoms with Crippen molar-refractivity contribution in [2.45, 2.75) is 43.9 Å². The standard InChI is InChI=1S/C19H18BrClN2O/c1-11-2-4-12(5-3-11)9-23-10-19(6-14-15(7-19)24-14)16-17(21)13(20)8-22-18(16)23/h2-5,8,14-15H,6-7,9-10H2,1H3. The van der Waals surface area contributed by atoms with Gasteiger partial charge in [0.25, 0.3) is 0 Å². The number of fused-ring (bicyclic) bond motifs is 3. The smallest absolute Gasteiger partial charge is 0.134 e. The van der Waals surface area contributed by atoms with Crippen LogP contribution in [0.5, 0.6) is 0 Å². The van der Waals surface area contributed by atoms with Gasteiger partial charge in [-0.05, 0) is 41.3 Å². The molecule has 5 heteroatoms. The van der Waals surface area contributed by atoms with Gasteiger partial charge in [0.05, 0.1) is 21.7 Å². The lowest BCUT2D eigenvalue weighted by Gasteiger charge is -2.27. The maximum absolute atomic E-state index is 6.71. The van der Waals surface area contributed by atoms with E-state index in [1.54, 1.807) is 0 Å². The van der Waals surface area contributed by atoms with Crippen LogP contribution in [0.1, 0.15) is 29.5 Å². The molecule has 2 fully saturated rings. The molecular weight excluding hydrogens is 388 g/mol. The zero-order valence-electron chi connectivity index (χ0n) is 13.4. The van der Waals surface area contributed by atoms with Crippen LogP contribution in [0.2, 0.25) is 5.02 Å². The Morgan fingerprint density at radius 1 is 1.29 bits per heavy atom. The number of anilines is 1. The summed E-state index contributed by atoms with van der Waals surface area (Å²) in [7, 11) is 0. The Balaban J connectivity index is 1.54. The van der Waals surface area contributed by atoms with Crippen molar-refractivity contribution >= 4 is 33.3 Å². The van der Waals surface area contributed by atoms with Crippen molar-refractivity contribution in [1.29, 1.82) is 0 Å². The Hall–Kier alpha value is -1.10. The second kappa shape index (κ2) is 5.20. The van der Waals surface area contributed by atoms with Gasteiger partial charge in [0, 0.05) is 30.3 Å². The molecule has 3 aliphatic rings. The molecule has 5 rings (SSSR count). The predicted octanol–water partition coefficient (Wildman–Crippen LogP) is 4.63. The summed E-state index contributed by atoms with van der Waals surface area (Å²) >= 11 is 10.3. The van der Waals surface area contributed by atoms with Crippen LogP contribution in [0, 0.1) is 6.92 Å². The summed E-state index contributed by atoms with van der Waals surface area (Å²) in [6.45, 7) is 3.97. The fourth-order valence-electron chi connectivity index (χ4n) is 4.46. The van der Waals surface area contributed by atoms with Gasteiger partial charge in [0.2, 0.25) is 0 Å². The third-order valence-electron chi connectivity index (χ3n) is 5.64. The predicted molar refractivity (Wildman–Crippen MR) is 98.7 cm³/mol. The van der Waals surface area contributed by atoms with Gasteiger partial charge < -0.3 is 9.64 Å². The van der Waals surface area contributed by atoms with E-state index in [0.29, 0.717) is 12.2 Å². The van der Waals surface area contributed by atoms with Crippen LogP contribution in [0.15, 0.2) is 34.9 Å². The first kappa shape index (κ1) is 15.2. The largest absolute Gasteiger partial charge is 0.370 e. The number of epoxide rings is 1. The Morgan fingerprint density at radius 2 is 2.00 bits per heavy atom. The van der Waals surface area contributed by atoms with Gasteiger partial charge in [0.1, 0.15) is 5.82 Å². The first-order valence-electron chi connectivity index (χ1n) is 8.36. The summed E-state index contributed by atoms with van der Waals surface area (Å²) in [5, 5.41) is 0.827. The number of hydrogen-bond donors (Lipinski definition) is 0. The van der Waals surface area contributed by atoms with E-state index in [9.17, 15) is 0 Å². The minimum atomic E-state index is 0.0987. The Bertz CT molecular complexity index is 813. The summed E-state index contributed by atoms with van der Waals surface area (Å²) in [6.07, 6.45) is 4.80. The van der Waals surface area contributed by atoms with Crippen molar-refractivity contribution in [2.24, 2.45) is 0 Å². The van der Waals surface area contributed by atoms with Crippen molar-refractivity contribution in [3.63, 3.8) is 0 Å². The van der Waals surface area contributed by atoms with Gasteiger partial charge in [-0.3, -0.25) is 0 Å². The highest BCUT2D eigenvalue weighted by Crippen LogP contribution is 2.58. The topological polar surface area (TPSA) is 28.7 Å². The van der Waals surface area contributed by atoms with Gasteiger partial charge in [0.15, 0.2) is 0 Å². The molecule has 1 saturated carbocycles. The van der Waals surface area contributed by atoms with Gasteiger partial charge in [-0.25, -0.2) is 4.98 Å². The molecule has 3 heterocycles. The van der Waals surface area contributed by atoms with Crippen LogP contribution in [-0.2, 0) is 16.7 Å². The molecule has 24 heavy (non-hydrogen) atoms. The zero-order chi connectivity index (χ0) is 16.5. The average Bonchev–Trinajstić information content (AvgIpc) is 3.07. The number of halogens is 2. The molecule has 0 N–H and O–H groups in total. The van der Waals surface area contributed by atoms with E-state index in [0.717, 1.165) is 41.2 Å². The Kier molecular flexibility index (Phi) is 3.29. The molecule has 1 aromatic heterocycles. The Labute approximate surface area is 155 Å². The highest BCUT2D eigenvalue weighted by atomic mass is 79.9. The molecule has 0 radical (unpaired) electrons. The fourth-order valence-corrected chi connectivity index (χ4v) is 5.09. The number of pyridine rings is 1. The third kappa shape index (κ3) is 2.23. The lowest BCUT2D eigenvalue weighted by molar-refractivity contribution is 0.251. The number of nitrogens with zero attached hydrogens (tertiary/aromatic N) is 2. The van der Waals surface area contributed by atoms with E-state index < -0.39 is 0 Å². The summed E-state index contributed by atoms with van der Waals surface area (Å²) < 4.78 is 6.59. The van der Waals surface area contributed by atoms with Crippen LogP contribution in [0.3, 0.4) is 0 Å². The van der Waals surface area contributed by atoms with E-state index in [1.165, 1.54) is 16.7 Å². The molecule has 3 nitrogen and oxygen atoms in total. The SMILES string of the molecule is Cc1ccc(CN2CC3(CC4OC4C3)c3c2ncc(Br)c3Cl)cc1. The van der Waals surface area contributed by atoms with Gasteiger partial charge in [-0.15, -0.1) is 0 Å². The van der Waals surface area contributed by atoms with E-state index in [-0.39, 0.29) is 5.41 Å². The fraction of sp³-hybridized carbons (Fsp3) is 0.421. The van der Waals surface area contributed by atoms with Crippen molar-refractivity contribution < 1.29 is 4.74 Å². The molecule has 1 spiro atoms. The van der Waals surface area contributed by atoms with E-state index in [2.05, 4.69) is 52.0 Å². The van der Waals surface area contributed by atoms with Crippen LogP contribution >= 0.6 is 27.5 Å². The maximum Gasteiger partial charge on any atom is 0.134 e. The van der Waals surface area contributed by atoms with E-state index in [1.807, 2.05) is 6.20 Å². The van der Waals surface area contributed by atoms with E-state index in [4.69, 9.17) is 21.3 Å². The number of aryl methyl sites for hydroxylation is 1. The highest BCUT2D eigenvalue weighted by molar-refractivity contribution is 9.10. The van der Waals surface area contributed by atoms with Crippen LogP contribution < -0.4 is 4.90 Å². The summed E-state index contributed by atoms with van der Waals surface area (Å²) in [6, 6.07) is 8.75. The second-order valence-electron chi connectivity index (χ2n) is 7.36. The van der Waals surface area contributed by atoms with Crippen molar-refractivity contribution in [3.8, 4) is 0 Å². The molecule has 0 bridgehead atoms. The molecule has 1 aromatic carbocycles. The minimum absolute atomic E-state index is 0.0987. The van der Waals surface area contributed by atoms with Gasteiger partial charge in [-0.2, -0.15) is 0 Å². The lowest BCUT2D eigenvalue weighted by atomic mass is 9.81. The normalized spacial score (nSPS) is 29.9. The number of ether oxygens (including phenoxy) is 1. The monoisotopic (exact) mass is 404 g/mol. The van der Waals surface area contributed by atoms with Crippen molar-refractivity contribution in [2.75, 3.05) is 11.4 Å². The molecule has 2 atom stereocenters. The maximum atomic E-state index is 6.71. The van der Waals surface area contributed by atoms with Crippen LogP contribution in [0.4, 0.5) is 5.82 Å².